The van der Waals surface area contributed by atoms with E-state index >= 15 is 0 Å². The van der Waals surface area contributed by atoms with Crippen molar-refractivity contribution < 1.29 is 0 Å². The molecular formula is C10H19BN2. The summed E-state index contributed by atoms with van der Waals surface area (Å²) in [5.41, 5.74) is 0. The van der Waals surface area contributed by atoms with Gasteiger partial charge in [0.2, 0.25) is 0 Å². The van der Waals surface area contributed by atoms with E-state index in [9.17, 15) is 0 Å². The molecule has 0 aromatic rings. The topological polar surface area (TPSA) is 24.1 Å². The second kappa shape index (κ2) is 5.45. The third-order valence-corrected chi connectivity index (χ3v) is 3.05. The first-order valence-corrected chi connectivity index (χ1v) is 5.05. The Morgan fingerprint density at radius 1 is 1.54 bits per heavy atom. The lowest BCUT2D eigenvalue weighted by molar-refractivity contribution is 0.247. The third-order valence-electron chi connectivity index (χ3n) is 3.05. The maximum absolute atomic E-state index is 5.44. The molecule has 0 aromatic carbocycles. The van der Waals surface area contributed by atoms with Gasteiger partial charge in [-0.1, -0.05) is 6.08 Å². The Morgan fingerprint density at radius 3 is 2.85 bits per heavy atom. The van der Waals surface area contributed by atoms with E-state index in [1.165, 1.54) is 12.8 Å². The monoisotopic (exact) mass is 178 g/mol. The molecule has 0 aliphatic heterocycles. The SMILES string of the molecule is [B]N[C@H]1CC[C@H](CNC)[C@H](C=C)C1. The highest BCUT2D eigenvalue weighted by molar-refractivity contribution is 6.04. The Hall–Kier alpha value is -0.275. The molecule has 1 rings (SSSR count). The molecule has 0 aromatic heterocycles. The standard InChI is InChI=1S/C10H19BN2/c1-3-8-6-10(13-11)5-4-9(8)7-12-2/h3,8-10,12-13H,1,4-7H2,2H3/t8-,9-,10+/m1/s1. The van der Waals surface area contributed by atoms with Crippen molar-refractivity contribution in [2.24, 2.45) is 11.8 Å². The van der Waals surface area contributed by atoms with Crippen LogP contribution in [0, 0.1) is 11.8 Å². The summed E-state index contributed by atoms with van der Waals surface area (Å²) < 4.78 is 0. The summed E-state index contributed by atoms with van der Waals surface area (Å²) in [5, 5.41) is 6.10. The fraction of sp³-hybridized carbons (Fsp3) is 0.800. The third kappa shape index (κ3) is 2.85. The van der Waals surface area contributed by atoms with Gasteiger partial charge in [0.25, 0.3) is 0 Å². The van der Waals surface area contributed by atoms with Crippen molar-refractivity contribution in [3.8, 4) is 0 Å². The van der Waals surface area contributed by atoms with Gasteiger partial charge >= 0.3 is 0 Å². The van der Waals surface area contributed by atoms with Crippen molar-refractivity contribution in [3.63, 3.8) is 0 Å². The van der Waals surface area contributed by atoms with E-state index in [1.807, 2.05) is 7.05 Å². The molecule has 0 saturated heterocycles. The highest BCUT2D eigenvalue weighted by Crippen LogP contribution is 2.30. The van der Waals surface area contributed by atoms with Crippen molar-refractivity contribution in [1.29, 1.82) is 0 Å². The smallest absolute Gasteiger partial charge is 0.178 e. The Labute approximate surface area is 82.6 Å². The molecule has 1 aliphatic carbocycles. The van der Waals surface area contributed by atoms with Gasteiger partial charge in [0.15, 0.2) is 7.98 Å². The van der Waals surface area contributed by atoms with Gasteiger partial charge in [-0.2, -0.15) is 0 Å². The van der Waals surface area contributed by atoms with Crippen LogP contribution >= 0.6 is 0 Å². The molecule has 2 nitrogen and oxygen atoms in total. The molecule has 1 aliphatic rings. The quantitative estimate of drug-likeness (QED) is 0.492. The summed E-state index contributed by atoms with van der Waals surface area (Å²) in [5.74, 6) is 1.36. The summed E-state index contributed by atoms with van der Waals surface area (Å²) >= 11 is 0. The van der Waals surface area contributed by atoms with E-state index in [0.29, 0.717) is 12.0 Å². The maximum Gasteiger partial charge on any atom is 0.178 e. The number of hydrogen-bond donors (Lipinski definition) is 2. The van der Waals surface area contributed by atoms with Gasteiger partial charge in [0.1, 0.15) is 0 Å². The predicted octanol–water partition coefficient (Wildman–Crippen LogP) is 0.850. The van der Waals surface area contributed by atoms with Crippen LogP contribution < -0.4 is 10.5 Å². The first-order valence-electron chi connectivity index (χ1n) is 5.05. The lowest BCUT2D eigenvalue weighted by atomic mass is 9.76. The number of nitrogens with one attached hydrogen (secondary N) is 2. The van der Waals surface area contributed by atoms with Crippen LogP contribution in [0.3, 0.4) is 0 Å². The minimum Gasteiger partial charge on any atom is -0.364 e. The van der Waals surface area contributed by atoms with Crippen LogP contribution in [0.5, 0.6) is 0 Å². The summed E-state index contributed by atoms with van der Waals surface area (Å²) in [6, 6.07) is 0.483. The lowest BCUT2D eigenvalue weighted by Gasteiger charge is -2.34. The van der Waals surface area contributed by atoms with Crippen LogP contribution in [0.2, 0.25) is 0 Å². The largest absolute Gasteiger partial charge is 0.364 e. The van der Waals surface area contributed by atoms with Gasteiger partial charge in [-0.05, 0) is 50.7 Å². The first-order chi connectivity index (χ1) is 6.31. The summed E-state index contributed by atoms with van der Waals surface area (Å²) in [7, 11) is 7.45. The Bertz CT molecular complexity index is 161. The molecule has 3 atom stereocenters. The molecule has 2 radical (unpaired) electrons. The molecule has 3 heteroatoms. The average molecular weight is 178 g/mol. The van der Waals surface area contributed by atoms with Crippen molar-refractivity contribution in [1.82, 2.24) is 10.5 Å². The zero-order valence-corrected chi connectivity index (χ0v) is 8.42. The molecule has 0 spiro atoms. The zero-order chi connectivity index (χ0) is 9.68. The molecule has 2 N–H and O–H groups in total. The number of rotatable bonds is 4. The van der Waals surface area contributed by atoms with Crippen LogP contribution in [0.4, 0.5) is 0 Å². The van der Waals surface area contributed by atoms with Crippen LogP contribution in [-0.2, 0) is 0 Å². The molecule has 1 fully saturated rings. The fourth-order valence-electron chi connectivity index (χ4n) is 2.22. The average Bonchev–Trinajstić information content (AvgIpc) is 2.19. The summed E-state index contributed by atoms with van der Waals surface area (Å²) in [6.07, 6.45) is 5.64. The molecular weight excluding hydrogens is 159 g/mol. The van der Waals surface area contributed by atoms with E-state index in [-0.39, 0.29) is 0 Å². The second-order valence-electron chi connectivity index (χ2n) is 3.89. The van der Waals surface area contributed by atoms with Gasteiger partial charge in [0.05, 0.1) is 0 Å². The molecule has 13 heavy (non-hydrogen) atoms. The van der Waals surface area contributed by atoms with Crippen molar-refractivity contribution in [3.05, 3.63) is 12.7 Å². The van der Waals surface area contributed by atoms with E-state index in [4.69, 9.17) is 7.98 Å². The molecule has 0 unspecified atom stereocenters. The van der Waals surface area contributed by atoms with Crippen molar-refractivity contribution in [2.45, 2.75) is 25.3 Å². The van der Waals surface area contributed by atoms with E-state index < -0.39 is 0 Å². The lowest BCUT2D eigenvalue weighted by Crippen LogP contribution is -2.38. The molecule has 72 valence electrons. The van der Waals surface area contributed by atoms with Gasteiger partial charge in [-0.3, -0.25) is 0 Å². The Kier molecular flexibility index (Phi) is 4.53. The number of hydrogen-bond acceptors (Lipinski definition) is 2. The van der Waals surface area contributed by atoms with E-state index in [2.05, 4.69) is 23.2 Å². The van der Waals surface area contributed by atoms with Crippen LogP contribution in [0.25, 0.3) is 0 Å². The van der Waals surface area contributed by atoms with Crippen LogP contribution in [0.15, 0.2) is 12.7 Å². The first kappa shape index (κ1) is 10.8. The predicted molar refractivity (Wildman–Crippen MR) is 57.6 cm³/mol. The molecule has 0 amide bonds. The van der Waals surface area contributed by atoms with Crippen molar-refractivity contribution >= 4 is 7.98 Å². The van der Waals surface area contributed by atoms with Gasteiger partial charge in [0, 0.05) is 0 Å². The van der Waals surface area contributed by atoms with Gasteiger partial charge in [-0.15, -0.1) is 6.58 Å². The highest BCUT2D eigenvalue weighted by atomic mass is 14.8. The molecule has 0 heterocycles. The summed E-state index contributed by atoms with van der Waals surface area (Å²) in [6.45, 7) is 4.98. The zero-order valence-electron chi connectivity index (χ0n) is 8.42. The second-order valence-corrected chi connectivity index (χ2v) is 3.89. The minimum atomic E-state index is 0.483. The fourth-order valence-corrected chi connectivity index (χ4v) is 2.22. The van der Waals surface area contributed by atoms with E-state index in [0.717, 1.165) is 18.9 Å². The van der Waals surface area contributed by atoms with Crippen LogP contribution in [0.1, 0.15) is 19.3 Å². The maximum atomic E-state index is 5.44. The highest BCUT2D eigenvalue weighted by Gasteiger charge is 2.26. The molecule has 1 saturated carbocycles. The summed E-state index contributed by atoms with van der Waals surface area (Å²) in [4.78, 5) is 0. The normalized spacial score (nSPS) is 34.4. The van der Waals surface area contributed by atoms with Crippen LogP contribution in [-0.4, -0.2) is 27.6 Å². The van der Waals surface area contributed by atoms with E-state index in [1.54, 1.807) is 0 Å². The minimum absolute atomic E-state index is 0.483. The number of allylic oxidation sites excluding steroid dienone is 1. The van der Waals surface area contributed by atoms with Gasteiger partial charge < -0.3 is 10.5 Å². The Balaban J connectivity index is 2.44. The molecule has 0 bridgehead atoms. The Morgan fingerprint density at radius 2 is 2.31 bits per heavy atom. The van der Waals surface area contributed by atoms with Gasteiger partial charge in [-0.25, -0.2) is 0 Å². The van der Waals surface area contributed by atoms with Crippen molar-refractivity contribution in [2.75, 3.05) is 13.6 Å².